The summed E-state index contributed by atoms with van der Waals surface area (Å²) in [4.78, 5) is 0. The first-order valence-electron chi connectivity index (χ1n) is 6.18. The molecule has 1 aromatic carbocycles. The van der Waals surface area contributed by atoms with E-state index >= 15 is 0 Å². The van der Waals surface area contributed by atoms with Gasteiger partial charge in [-0.3, -0.25) is 0 Å². The average Bonchev–Trinajstić information content (AvgIpc) is 2.31. The minimum absolute atomic E-state index is 0.191. The zero-order valence-corrected chi connectivity index (χ0v) is 12.3. The molecule has 0 bridgehead atoms. The van der Waals surface area contributed by atoms with Gasteiger partial charge in [-0.15, -0.1) is 0 Å². The molecular formula is C14H21BrFN. The van der Waals surface area contributed by atoms with Crippen LogP contribution in [0.5, 0.6) is 0 Å². The van der Waals surface area contributed by atoms with Crippen LogP contribution in [-0.4, -0.2) is 13.1 Å². The van der Waals surface area contributed by atoms with Crippen LogP contribution < -0.4 is 5.32 Å². The van der Waals surface area contributed by atoms with Gasteiger partial charge >= 0.3 is 0 Å². The van der Waals surface area contributed by atoms with Crippen molar-refractivity contribution in [3.05, 3.63) is 34.1 Å². The number of halogens is 2. The molecule has 0 saturated heterocycles. The van der Waals surface area contributed by atoms with Gasteiger partial charge in [0.15, 0.2) is 0 Å². The van der Waals surface area contributed by atoms with Gasteiger partial charge in [0.25, 0.3) is 0 Å². The molecule has 1 nitrogen and oxygen atoms in total. The lowest BCUT2D eigenvalue weighted by Crippen LogP contribution is -2.29. The highest BCUT2D eigenvalue weighted by molar-refractivity contribution is 9.10. The van der Waals surface area contributed by atoms with Crippen LogP contribution in [0.4, 0.5) is 4.39 Å². The molecule has 0 spiro atoms. The molecule has 2 unspecified atom stereocenters. The van der Waals surface area contributed by atoms with Crippen LogP contribution in [0.3, 0.4) is 0 Å². The molecule has 0 saturated carbocycles. The fourth-order valence-electron chi connectivity index (χ4n) is 1.91. The molecule has 3 heteroatoms. The summed E-state index contributed by atoms with van der Waals surface area (Å²) >= 11 is 3.42. The number of likely N-dealkylation sites (N-methyl/N-ethyl adjacent to an activating group) is 1. The molecule has 1 rings (SSSR count). The molecule has 1 N–H and O–H groups in total. The Kier molecular flexibility index (Phi) is 6.14. The van der Waals surface area contributed by atoms with E-state index in [1.807, 2.05) is 13.1 Å². The minimum atomic E-state index is -0.191. The van der Waals surface area contributed by atoms with Crippen LogP contribution in [0.25, 0.3) is 0 Å². The van der Waals surface area contributed by atoms with Gasteiger partial charge in [0.1, 0.15) is 5.82 Å². The van der Waals surface area contributed by atoms with Gasteiger partial charge in [0.2, 0.25) is 0 Å². The molecule has 0 aliphatic heterocycles. The van der Waals surface area contributed by atoms with Gasteiger partial charge in [-0.1, -0.05) is 42.3 Å². The molecule has 0 aromatic heterocycles. The van der Waals surface area contributed by atoms with E-state index in [9.17, 15) is 4.39 Å². The van der Waals surface area contributed by atoms with Gasteiger partial charge in [-0.2, -0.15) is 0 Å². The lowest BCUT2D eigenvalue weighted by molar-refractivity contribution is 0.410. The fourth-order valence-corrected chi connectivity index (χ4v) is 2.42. The summed E-state index contributed by atoms with van der Waals surface area (Å²) < 4.78 is 13.8. The van der Waals surface area contributed by atoms with E-state index in [1.165, 1.54) is 18.6 Å². The van der Waals surface area contributed by atoms with Crippen molar-refractivity contribution in [1.82, 2.24) is 5.32 Å². The topological polar surface area (TPSA) is 12.0 Å². The maximum atomic E-state index is 13.0. The lowest BCUT2D eigenvalue weighted by Gasteiger charge is -2.20. The SMILES string of the molecule is CCC(C)CC(Cc1ccc(F)cc1Br)NC. The molecule has 96 valence electrons. The van der Waals surface area contributed by atoms with Crippen molar-refractivity contribution in [2.24, 2.45) is 5.92 Å². The van der Waals surface area contributed by atoms with Gasteiger partial charge in [-0.05, 0) is 43.5 Å². The number of hydrogen-bond acceptors (Lipinski definition) is 1. The predicted octanol–water partition coefficient (Wildman–Crippen LogP) is 4.15. The Morgan fingerprint density at radius 2 is 2.12 bits per heavy atom. The van der Waals surface area contributed by atoms with E-state index in [1.54, 1.807) is 0 Å². The summed E-state index contributed by atoms with van der Waals surface area (Å²) in [7, 11) is 1.99. The Balaban J connectivity index is 2.67. The Bertz CT molecular complexity index is 354. The summed E-state index contributed by atoms with van der Waals surface area (Å²) in [5.74, 6) is 0.523. The maximum absolute atomic E-state index is 13.0. The summed E-state index contributed by atoms with van der Waals surface area (Å²) in [6, 6.07) is 5.37. The van der Waals surface area contributed by atoms with E-state index in [2.05, 4.69) is 35.1 Å². The third kappa shape index (κ3) is 4.76. The average molecular weight is 302 g/mol. The summed E-state index contributed by atoms with van der Waals surface area (Å²) in [5, 5.41) is 3.34. The number of benzene rings is 1. The Morgan fingerprint density at radius 1 is 1.41 bits per heavy atom. The van der Waals surface area contributed by atoms with Crippen LogP contribution in [0, 0.1) is 11.7 Å². The summed E-state index contributed by atoms with van der Waals surface area (Å²) in [6.45, 7) is 4.48. The number of rotatable bonds is 6. The zero-order chi connectivity index (χ0) is 12.8. The van der Waals surface area contributed by atoms with Crippen LogP contribution in [-0.2, 0) is 6.42 Å². The number of hydrogen-bond donors (Lipinski definition) is 1. The first-order valence-corrected chi connectivity index (χ1v) is 6.97. The highest BCUT2D eigenvalue weighted by atomic mass is 79.9. The fraction of sp³-hybridized carbons (Fsp3) is 0.571. The van der Waals surface area contributed by atoms with E-state index in [0.29, 0.717) is 12.0 Å². The zero-order valence-electron chi connectivity index (χ0n) is 10.8. The van der Waals surface area contributed by atoms with Crippen molar-refractivity contribution in [2.45, 2.75) is 39.2 Å². The Labute approximate surface area is 112 Å². The minimum Gasteiger partial charge on any atom is -0.317 e. The third-order valence-electron chi connectivity index (χ3n) is 3.27. The lowest BCUT2D eigenvalue weighted by atomic mass is 9.95. The summed E-state index contributed by atoms with van der Waals surface area (Å²) in [6.07, 6.45) is 3.28. The predicted molar refractivity (Wildman–Crippen MR) is 74.7 cm³/mol. The third-order valence-corrected chi connectivity index (χ3v) is 4.01. The standard InChI is InChI=1S/C14H21BrFN/c1-4-10(2)7-13(17-3)8-11-5-6-12(16)9-14(11)15/h5-6,9-10,13,17H,4,7-8H2,1-3H3. The smallest absolute Gasteiger partial charge is 0.124 e. The second kappa shape index (κ2) is 7.12. The molecular weight excluding hydrogens is 281 g/mol. The van der Waals surface area contributed by atoms with Crippen LogP contribution in [0.2, 0.25) is 0 Å². The second-order valence-electron chi connectivity index (χ2n) is 4.67. The Hall–Kier alpha value is -0.410. The van der Waals surface area contributed by atoms with Crippen molar-refractivity contribution >= 4 is 15.9 Å². The van der Waals surface area contributed by atoms with E-state index in [-0.39, 0.29) is 5.82 Å². The number of nitrogens with one attached hydrogen (secondary N) is 1. The van der Waals surface area contributed by atoms with Crippen LogP contribution >= 0.6 is 15.9 Å². The van der Waals surface area contributed by atoms with Crippen LogP contribution in [0.15, 0.2) is 22.7 Å². The van der Waals surface area contributed by atoms with E-state index < -0.39 is 0 Å². The van der Waals surface area contributed by atoms with Crippen molar-refractivity contribution in [3.63, 3.8) is 0 Å². The summed E-state index contributed by atoms with van der Waals surface area (Å²) in [5.41, 5.74) is 1.16. The first kappa shape index (κ1) is 14.7. The quantitative estimate of drug-likeness (QED) is 0.832. The molecule has 17 heavy (non-hydrogen) atoms. The molecule has 0 aliphatic rings. The van der Waals surface area contributed by atoms with Gasteiger partial charge < -0.3 is 5.32 Å². The van der Waals surface area contributed by atoms with Gasteiger partial charge in [0, 0.05) is 10.5 Å². The molecule has 0 fully saturated rings. The molecule has 1 aromatic rings. The molecule has 0 amide bonds. The monoisotopic (exact) mass is 301 g/mol. The van der Waals surface area contributed by atoms with Crippen molar-refractivity contribution in [1.29, 1.82) is 0 Å². The van der Waals surface area contributed by atoms with E-state index in [4.69, 9.17) is 0 Å². The van der Waals surface area contributed by atoms with E-state index in [0.717, 1.165) is 22.9 Å². The molecule has 0 heterocycles. The highest BCUT2D eigenvalue weighted by Crippen LogP contribution is 2.21. The van der Waals surface area contributed by atoms with Crippen molar-refractivity contribution in [3.8, 4) is 0 Å². The van der Waals surface area contributed by atoms with Gasteiger partial charge in [0.05, 0.1) is 0 Å². The van der Waals surface area contributed by atoms with Crippen molar-refractivity contribution in [2.75, 3.05) is 7.05 Å². The molecule has 0 aliphatic carbocycles. The second-order valence-corrected chi connectivity index (χ2v) is 5.53. The first-order chi connectivity index (χ1) is 8.06. The van der Waals surface area contributed by atoms with Gasteiger partial charge in [-0.25, -0.2) is 4.39 Å². The normalized spacial score (nSPS) is 14.6. The highest BCUT2D eigenvalue weighted by Gasteiger charge is 2.13. The largest absolute Gasteiger partial charge is 0.317 e. The Morgan fingerprint density at radius 3 is 2.65 bits per heavy atom. The molecule has 0 radical (unpaired) electrons. The molecule has 2 atom stereocenters. The van der Waals surface area contributed by atoms with Crippen LogP contribution in [0.1, 0.15) is 32.3 Å². The maximum Gasteiger partial charge on any atom is 0.124 e. The van der Waals surface area contributed by atoms with Crippen molar-refractivity contribution < 1.29 is 4.39 Å².